The zero-order chi connectivity index (χ0) is 17.7. The van der Waals surface area contributed by atoms with E-state index in [2.05, 4.69) is 10.0 Å². The molecule has 1 aliphatic heterocycles. The number of carbonyl (C=O) groups excluding carboxylic acids is 1. The number of nitrogens with one attached hydrogen (secondary N) is 2. The molecule has 1 saturated heterocycles. The largest absolute Gasteiger partial charge is 0.497 e. The number of hydrogen-bond donors (Lipinski definition) is 2. The minimum atomic E-state index is -3.75. The highest BCUT2D eigenvalue weighted by Crippen LogP contribution is 2.29. The molecule has 1 amide bonds. The van der Waals surface area contributed by atoms with Gasteiger partial charge in [0, 0.05) is 20.7 Å². The van der Waals surface area contributed by atoms with Crippen LogP contribution < -0.4 is 14.8 Å². The summed E-state index contributed by atoms with van der Waals surface area (Å²) >= 11 is 0. The normalized spacial score (nSPS) is 23.6. The average Bonchev–Trinajstić information content (AvgIpc) is 2.57. The fourth-order valence-corrected chi connectivity index (χ4v) is 3.85. The zero-order valence-corrected chi connectivity index (χ0v) is 14.8. The molecule has 0 aromatic heterocycles. The van der Waals surface area contributed by atoms with Crippen molar-refractivity contribution in [1.82, 2.24) is 14.3 Å². The Hall–Kier alpha value is -1.68. The topological polar surface area (TPSA) is 97.0 Å². The fourth-order valence-electron chi connectivity index (χ4n) is 2.58. The number of hydrogen-bond acceptors (Lipinski definition) is 5. The van der Waals surface area contributed by atoms with Crippen LogP contribution in [0.1, 0.15) is 18.0 Å². The van der Waals surface area contributed by atoms with Gasteiger partial charge in [-0.25, -0.2) is 0 Å². The van der Waals surface area contributed by atoms with E-state index in [0.717, 1.165) is 9.87 Å². The van der Waals surface area contributed by atoms with E-state index in [1.807, 2.05) is 0 Å². The Balaban J connectivity index is 2.21. The van der Waals surface area contributed by atoms with Crippen molar-refractivity contribution in [2.24, 2.45) is 0 Å². The molecule has 134 valence electrons. The first-order valence-corrected chi connectivity index (χ1v) is 8.99. The van der Waals surface area contributed by atoms with Crippen LogP contribution in [-0.4, -0.2) is 59.1 Å². The molecule has 2 N–H and O–H groups in total. The summed E-state index contributed by atoms with van der Waals surface area (Å²) in [6.45, 7) is 0.698. The first kappa shape index (κ1) is 18.7. The van der Waals surface area contributed by atoms with Gasteiger partial charge in [0.25, 0.3) is 10.2 Å². The fraction of sp³-hybridized carbons (Fsp3) is 0.533. The van der Waals surface area contributed by atoms with Crippen molar-refractivity contribution in [2.75, 3.05) is 34.4 Å². The number of nitrogens with zero attached hydrogens (tertiary/aromatic N) is 1. The summed E-state index contributed by atoms with van der Waals surface area (Å²) in [7, 11) is 0.720. The summed E-state index contributed by atoms with van der Waals surface area (Å²) in [5.74, 6) is 0.291. The number of likely N-dealkylation sites (N-methyl/N-ethyl adjacent to an activating group) is 1. The highest BCUT2D eigenvalue weighted by atomic mass is 32.2. The Morgan fingerprint density at radius 1 is 1.42 bits per heavy atom. The number of rotatable bonds is 6. The Bertz CT molecular complexity index is 679. The minimum Gasteiger partial charge on any atom is -0.497 e. The Labute approximate surface area is 142 Å². The van der Waals surface area contributed by atoms with Gasteiger partial charge < -0.3 is 14.8 Å². The second kappa shape index (κ2) is 7.93. The van der Waals surface area contributed by atoms with E-state index < -0.39 is 22.3 Å². The summed E-state index contributed by atoms with van der Waals surface area (Å²) in [5.41, 5.74) is 0.751. The summed E-state index contributed by atoms with van der Waals surface area (Å²) < 4.78 is 38.4. The van der Waals surface area contributed by atoms with E-state index in [0.29, 0.717) is 25.3 Å². The lowest BCUT2D eigenvalue weighted by Gasteiger charge is -2.36. The molecule has 0 radical (unpaired) electrons. The average molecular weight is 357 g/mol. The van der Waals surface area contributed by atoms with Gasteiger partial charge in [-0.1, -0.05) is 12.1 Å². The molecule has 1 aromatic rings. The van der Waals surface area contributed by atoms with Crippen molar-refractivity contribution >= 4 is 16.1 Å². The van der Waals surface area contributed by atoms with Crippen LogP contribution >= 0.6 is 0 Å². The Kier molecular flexibility index (Phi) is 6.16. The SMILES string of the molecule is COCCNC(=O)C1CC(c2cccc(OC)c2)NS(=O)(=O)N1C. The molecule has 0 spiro atoms. The number of methoxy groups -OCH3 is 2. The monoisotopic (exact) mass is 357 g/mol. The van der Waals surface area contributed by atoms with Gasteiger partial charge in [-0.2, -0.15) is 17.4 Å². The van der Waals surface area contributed by atoms with Gasteiger partial charge in [0.1, 0.15) is 11.8 Å². The third kappa shape index (κ3) is 4.23. The van der Waals surface area contributed by atoms with E-state index in [1.54, 1.807) is 31.4 Å². The van der Waals surface area contributed by atoms with Crippen molar-refractivity contribution in [3.8, 4) is 5.75 Å². The number of benzene rings is 1. The summed E-state index contributed by atoms with van der Waals surface area (Å²) in [6.07, 6.45) is 0.321. The number of amides is 1. The summed E-state index contributed by atoms with van der Waals surface area (Å²) in [6, 6.07) is 5.85. The van der Waals surface area contributed by atoms with Gasteiger partial charge in [0.15, 0.2) is 0 Å². The summed E-state index contributed by atoms with van der Waals surface area (Å²) in [4.78, 5) is 12.3. The maximum Gasteiger partial charge on any atom is 0.280 e. The maximum absolute atomic E-state index is 12.3. The van der Waals surface area contributed by atoms with Crippen molar-refractivity contribution in [3.05, 3.63) is 29.8 Å². The van der Waals surface area contributed by atoms with Gasteiger partial charge in [0.05, 0.1) is 19.8 Å². The van der Waals surface area contributed by atoms with E-state index in [1.165, 1.54) is 14.2 Å². The van der Waals surface area contributed by atoms with Crippen LogP contribution in [0.3, 0.4) is 0 Å². The molecular weight excluding hydrogens is 334 g/mol. The van der Waals surface area contributed by atoms with Gasteiger partial charge in [-0.15, -0.1) is 0 Å². The van der Waals surface area contributed by atoms with Crippen molar-refractivity contribution in [3.63, 3.8) is 0 Å². The molecule has 2 atom stereocenters. The molecule has 2 unspecified atom stereocenters. The molecule has 0 saturated carbocycles. The highest BCUT2D eigenvalue weighted by Gasteiger charge is 2.40. The van der Waals surface area contributed by atoms with Crippen LogP contribution in [0.15, 0.2) is 24.3 Å². The standard InChI is InChI=1S/C15H23N3O5S/c1-18-14(15(19)16-7-8-22-2)10-13(17-24(18,20)21)11-5-4-6-12(9-11)23-3/h4-6,9,13-14,17H,7-8,10H2,1-3H3,(H,16,19). The van der Waals surface area contributed by atoms with Crippen LogP contribution in [-0.2, 0) is 19.7 Å². The first-order chi connectivity index (χ1) is 11.4. The summed E-state index contributed by atoms with van der Waals surface area (Å²) in [5, 5.41) is 2.69. The van der Waals surface area contributed by atoms with E-state index in [4.69, 9.17) is 9.47 Å². The minimum absolute atomic E-state index is 0.321. The molecule has 2 rings (SSSR count). The molecule has 9 heteroatoms. The van der Waals surface area contributed by atoms with Crippen molar-refractivity contribution < 1.29 is 22.7 Å². The van der Waals surface area contributed by atoms with Crippen LogP contribution in [0.5, 0.6) is 5.75 Å². The van der Waals surface area contributed by atoms with Crippen LogP contribution in [0.25, 0.3) is 0 Å². The lowest BCUT2D eigenvalue weighted by Crippen LogP contribution is -2.57. The quantitative estimate of drug-likeness (QED) is 0.701. The van der Waals surface area contributed by atoms with Crippen LogP contribution in [0.2, 0.25) is 0 Å². The molecule has 1 fully saturated rings. The predicted molar refractivity (Wildman–Crippen MR) is 88.8 cm³/mol. The van der Waals surface area contributed by atoms with Gasteiger partial charge in [0.2, 0.25) is 5.91 Å². The third-order valence-corrected chi connectivity index (χ3v) is 5.57. The van der Waals surface area contributed by atoms with E-state index in [-0.39, 0.29) is 5.91 Å². The molecule has 1 aromatic carbocycles. The molecule has 0 bridgehead atoms. The molecule has 1 heterocycles. The first-order valence-electron chi connectivity index (χ1n) is 7.55. The van der Waals surface area contributed by atoms with Crippen LogP contribution in [0.4, 0.5) is 0 Å². The zero-order valence-electron chi connectivity index (χ0n) is 14.0. The second-order valence-electron chi connectivity index (χ2n) is 5.50. The number of carbonyl (C=O) groups is 1. The smallest absolute Gasteiger partial charge is 0.280 e. The maximum atomic E-state index is 12.3. The lowest BCUT2D eigenvalue weighted by atomic mass is 9.99. The molecular formula is C15H23N3O5S. The third-order valence-electron chi connectivity index (χ3n) is 3.97. The van der Waals surface area contributed by atoms with E-state index >= 15 is 0 Å². The molecule has 1 aliphatic rings. The second-order valence-corrected chi connectivity index (χ2v) is 7.27. The van der Waals surface area contributed by atoms with Gasteiger partial charge >= 0.3 is 0 Å². The van der Waals surface area contributed by atoms with Gasteiger partial charge in [-0.05, 0) is 24.1 Å². The molecule has 0 aliphatic carbocycles. The highest BCUT2D eigenvalue weighted by molar-refractivity contribution is 7.87. The Morgan fingerprint density at radius 3 is 2.83 bits per heavy atom. The molecule has 24 heavy (non-hydrogen) atoms. The predicted octanol–water partition coefficient (Wildman–Crippen LogP) is 0.0374. The van der Waals surface area contributed by atoms with Crippen molar-refractivity contribution in [1.29, 1.82) is 0 Å². The van der Waals surface area contributed by atoms with E-state index in [9.17, 15) is 13.2 Å². The van der Waals surface area contributed by atoms with Gasteiger partial charge in [-0.3, -0.25) is 4.79 Å². The molecule has 8 nitrogen and oxygen atoms in total. The van der Waals surface area contributed by atoms with Crippen LogP contribution in [0, 0.1) is 0 Å². The Morgan fingerprint density at radius 2 is 2.17 bits per heavy atom. The number of ether oxygens (including phenoxy) is 2. The van der Waals surface area contributed by atoms with Crippen molar-refractivity contribution in [2.45, 2.75) is 18.5 Å². The lowest BCUT2D eigenvalue weighted by molar-refractivity contribution is -0.125.